The molecule has 7 heteroatoms. The van der Waals surface area contributed by atoms with E-state index in [4.69, 9.17) is 0 Å². The third kappa shape index (κ3) is 2.85. The predicted octanol–water partition coefficient (Wildman–Crippen LogP) is 3.11. The number of thiophene rings is 1. The van der Waals surface area contributed by atoms with E-state index < -0.39 is 10.0 Å². The summed E-state index contributed by atoms with van der Waals surface area (Å²) in [6.07, 6.45) is 2.21. The molecule has 0 amide bonds. The summed E-state index contributed by atoms with van der Waals surface area (Å²) in [6, 6.07) is 14.0. The minimum Gasteiger partial charge on any atom is -0.311 e. The second-order valence-corrected chi connectivity index (χ2v) is 10.7. The second-order valence-electron chi connectivity index (χ2n) is 7.61. The Balaban J connectivity index is 1.68. The van der Waals surface area contributed by atoms with Gasteiger partial charge in [-0.1, -0.05) is 18.2 Å². The molecule has 1 fully saturated rings. The van der Waals surface area contributed by atoms with E-state index in [-0.39, 0.29) is 17.4 Å². The molecular weight excluding hydrogens is 380 g/mol. The zero-order valence-corrected chi connectivity index (χ0v) is 16.6. The Bertz CT molecular complexity index is 1180. The molecule has 0 saturated carbocycles. The van der Waals surface area contributed by atoms with Crippen molar-refractivity contribution in [3.8, 4) is 10.4 Å². The lowest BCUT2D eigenvalue weighted by molar-refractivity contribution is 0.187. The Morgan fingerprint density at radius 3 is 2.67 bits per heavy atom. The van der Waals surface area contributed by atoms with Gasteiger partial charge in [0.2, 0.25) is 10.0 Å². The number of hydrogen-bond donors (Lipinski definition) is 0. The first-order chi connectivity index (χ1) is 12.9. The fourth-order valence-electron chi connectivity index (χ4n) is 4.56. The highest BCUT2D eigenvalue weighted by molar-refractivity contribution is 7.88. The SMILES string of the molecule is CS(=O)(=O)N1C[C@@H]2C[C@H](C1)c1c(-c3cc4ccccc4s3)ccc(=O)n1C2. The number of pyridine rings is 1. The van der Waals surface area contributed by atoms with E-state index in [0.717, 1.165) is 22.6 Å². The van der Waals surface area contributed by atoms with Crippen LogP contribution in [-0.2, 0) is 16.6 Å². The molecule has 0 aliphatic carbocycles. The van der Waals surface area contributed by atoms with E-state index in [9.17, 15) is 13.2 Å². The van der Waals surface area contributed by atoms with Crippen LogP contribution in [0.15, 0.2) is 47.3 Å². The van der Waals surface area contributed by atoms with Crippen molar-refractivity contribution in [3.63, 3.8) is 0 Å². The Morgan fingerprint density at radius 1 is 1.07 bits per heavy atom. The quantitative estimate of drug-likeness (QED) is 0.664. The number of benzene rings is 1. The van der Waals surface area contributed by atoms with Crippen molar-refractivity contribution in [3.05, 3.63) is 58.5 Å². The first-order valence-electron chi connectivity index (χ1n) is 9.08. The molecule has 0 spiro atoms. The van der Waals surface area contributed by atoms with Gasteiger partial charge in [-0.2, -0.15) is 0 Å². The zero-order valence-electron chi connectivity index (χ0n) is 15.0. The van der Waals surface area contributed by atoms with Crippen LogP contribution in [0.25, 0.3) is 20.5 Å². The molecule has 0 N–H and O–H groups in total. The average molecular weight is 401 g/mol. The normalized spacial score (nSPS) is 22.7. The van der Waals surface area contributed by atoms with Gasteiger partial charge in [-0.25, -0.2) is 12.7 Å². The van der Waals surface area contributed by atoms with Crippen LogP contribution in [0.3, 0.4) is 0 Å². The average Bonchev–Trinajstić information content (AvgIpc) is 3.05. The largest absolute Gasteiger partial charge is 0.311 e. The van der Waals surface area contributed by atoms with Crippen LogP contribution in [-0.4, -0.2) is 36.6 Å². The lowest BCUT2D eigenvalue weighted by atomic mass is 9.82. The highest BCUT2D eigenvalue weighted by Crippen LogP contribution is 2.43. The van der Waals surface area contributed by atoms with Gasteiger partial charge in [-0.05, 0) is 35.9 Å². The lowest BCUT2D eigenvalue weighted by Gasteiger charge is -2.42. The summed E-state index contributed by atoms with van der Waals surface area (Å²) in [6.45, 7) is 1.56. The van der Waals surface area contributed by atoms with Crippen molar-refractivity contribution in [2.75, 3.05) is 19.3 Å². The van der Waals surface area contributed by atoms with Gasteiger partial charge in [0, 0.05) is 52.5 Å². The molecule has 5 rings (SSSR count). The van der Waals surface area contributed by atoms with E-state index >= 15 is 0 Å². The van der Waals surface area contributed by atoms with Crippen LogP contribution in [0.1, 0.15) is 18.0 Å². The van der Waals surface area contributed by atoms with E-state index in [0.29, 0.717) is 19.6 Å². The number of rotatable bonds is 2. The second kappa shape index (κ2) is 6.02. The fraction of sp³-hybridized carbons (Fsp3) is 0.350. The first kappa shape index (κ1) is 17.2. The van der Waals surface area contributed by atoms with Gasteiger partial charge in [-0.15, -0.1) is 11.3 Å². The van der Waals surface area contributed by atoms with E-state index in [2.05, 4.69) is 18.2 Å². The standard InChI is InChI=1S/C20H20N2O3S2/c1-27(24,25)21-10-13-8-15(12-21)20-16(6-7-19(23)22(20)11-13)18-9-14-4-2-3-5-17(14)26-18/h2-7,9,13,15H,8,10-12H2,1H3/t13-,15+/m0/s1. The molecule has 5 nitrogen and oxygen atoms in total. The lowest BCUT2D eigenvalue weighted by Crippen LogP contribution is -2.49. The zero-order chi connectivity index (χ0) is 18.8. The van der Waals surface area contributed by atoms with E-state index in [1.807, 2.05) is 22.8 Å². The van der Waals surface area contributed by atoms with Crippen molar-refractivity contribution in [2.24, 2.45) is 5.92 Å². The van der Waals surface area contributed by atoms with Crippen molar-refractivity contribution in [1.82, 2.24) is 8.87 Å². The van der Waals surface area contributed by atoms with Crippen LogP contribution in [0.5, 0.6) is 0 Å². The summed E-state index contributed by atoms with van der Waals surface area (Å²) >= 11 is 1.72. The molecule has 3 aromatic rings. The van der Waals surface area contributed by atoms with Crippen LogP contribution in [0.4, 0.5) is 0 Å². The summed E-state index contributed by atoms with van der Waals surface area (Å²) in [5, 5.41) is 1.19. The highest BCUT2D eigenvalue weighted by Gasteiger charge is 2.39. The molecule has 2 aromatic heterocycles. The molecule has 4 heterocycles. The molecule has 1 saturated heterocycles. The van der Waals surface area contributed by atoms with Gasteiger partial charge in [0.15, 0.2) is 0 Å². The maximum atomic E-state index is 12.6. The minimum absolute atomic E-state index is 0.0115. The third-order valence-electron chi connectivity index (χ3n) is 5.72. The molecule has 1 aromatic carbocycles. The van der Waals surface area contributed by atoms with Crippen molar-refractivity contribution in [1.29, 1.82) is 0 Å². The van der Waals surface area contributed by atoms with Crippen molar-refractivity contribution < 1.29 is 8.42 Å². The Hall–Kier alpha value is -1.96. The van der Waals surface area contributed by atoms with Gasteiger partial charge in [0.25, 0.3) is 5.56 Å². The maximum Gasteiger partial charge on any atom is 0.250 e. The number of piperidine rings is 1. The molecule has 2 aliphatic heterocycles. The smallest absolute Gasteiger partial charge is 0.250 e. The third-order valence-corrected chi connectivity index (χ3v) is 8.10. The van der Waals surface area contributed by atoms with Crippen LogP contribution in [0.2, 0.25) is 0 Å². The molecular formula is C20H20N2O3S2. The van der Waals surface area contributed by atoms with Gasteiger partial charge in [-0.3, -0.25) is 4.79 Å². The number of aromatic nitrogens is 1. The minimum atomic E-state index is -3.23. The van der Waals surface area contributed by atoms with E-state index in [1.165, 1.54) is 16.3 Å². The topological polar surface area (TPSA) is 59.4 Å². The molecule has 2 atom stereocenters. The van der Waals surface area contributed by atoms with Gasteiger partial charge >= 0.3 is 0 Å². The van der Waals surface area contributed by atoms with E-state index in [1.54, 1.807) is 21.7 Å². The molecule has 0 radical (unpaired) electrons. The molecule has 27 heavy (non-hydrogen) atoms. The fourth-order valence-corrected chi connectivity index (χ4v) is 6.59. The van der Waals surface area contributed by atoms with Crippen LogP contribution in [0, 0.1) is 5.92 Å². The molecule has 140 valence electrons. The summed E-state index contributed by atoms with van der Waals surface area (Å²) in [4.78, 5) is 13.7. The Kier molecular flexibility index (Phi) is 3.83. The maximum absolute atomic E-state index is 12.6. The van der Waals surface area contributed by atoms with Gasteiger partial charge < -0.3 is 4.57 Å². The van der Waals surface area contributed by atoms with Crippen LogP contribution < -0.4 is 5.56 Å². The number of sulfonamides is 1. The number of hydrogen-bond acceptors (Lipinski definition) is 4. The summed E-state index contributed by atoms with van der Waals surface area (Å²) in [7, 11) is -3.23. The summed E-state index contributed by atoms with van der Waals surface area (Å²) in [5.74, 6) is 0.252. The number of nitrogens with zero attached hydrogens (tertiary/aromatic N) is 2. The van der Waals surface area contributed by atoms with Crippen molar-refractivity contribution in [2.45, 2.75) is 18.9 Å². The summed E-state index contributed by atoms with van der Waals surface area (Å²) < 4.78 is 28.9. The van der Waals surface area contributed by atoms with Crippen molar-refractivity contribution >= 4 is 31.4 Å². The molecule has 2 aliphatic rings. The molecule has 0 unspecified atom stereocenters. The molecule has 2 bridgehead atoms. The number of fused-ring (bicyclic) bond motifs is 5. The highest BCUT2D eigenvalue weighted by atomic mass is 32.2. The Labute approximate surface area is 161 Å². The van der Waals surface area contributed by atoms with Gasteiger partial charge in [0.1, 0.15) is 0 Å². The van der Waals surface area contributed by atoms with Crippen LogP contribution >= 0.6 is 11.3 Å². The Morgan fingerprint density at radius 2 is 1.89 bits per heavy atom. The van der Waals surface area contributed by atoms with Gasteiger partial charge in [0.05, 0.1) is 6.26 Å². The monoisotopic (exact) mass is 400 g/mol. The first-order valence-corrected chi connectivity index (χ1v) is 11.7. The predicted molar refractivity (Wildman–Crippen MR) is 109 cm³/mol. The summed E-state index contributed by atoms with van der Waals surface area (Å²) in [5.41, 5.74) is 2.07.